The van der Waals surface area contributed by atoms with E-state index >= 15 is 0 Å². The largest absolute Gasteiger partial charge is 0.493 e. The van der Waals surface area contributed by atoms with Crippen LogP contribution in [0.3, 0.4) is 0 Å². The van der Waals surface area contributed by atoms with E-state index in [1.807, 2.05) is 55.5 Å². The molecule has 2 aromatic carbocycles. The normalized spacial score (nSPS) is 11.5. The number of rotatable bonds is 5. The Kier molecular flexibility index (Phi) is 4.75. The molecule has 5 heteroatoms. The summed E-state index contributed by atoms with van der Waals surface area (Å²) in [4.78, 5) is 12.7. The summed E-state index contributed by atoms with van der Waals surface area (Å²) < 4.78 is 12.4. The van der Waals surface area contributed by atoms with E-state index in [2.05, 4.69) is 11.7 Å². The average Bonchev–Trinajstić information content (AvgIpc) is 2.92. The zero-order chi connectivity index (χ0) is 17.8. The van der Waals surface area contributed by atoms with Crippen LogP contribution in [0.15, 0.2) is 53.3 Å². The first-order valence-electron chi connectivity index (χ1n) is 8.02. The molecule has 0 bridgehead atoms. The van der Waals surface area contributed by atoms with Crippen molar-refractivity contribution in [3.63, 3.8) is 0 Å². The molecule has 1 aromatic heterocycles. The summed E-state index contributed by atoms with van der Waals surface area (Å²) in [6.45, 7) is 6.42. The van der Waals surface area contributed by atoms with Gasteiger partial charge in [0.15, 0.2) is 11.5 Å². The van der Waals surface area contributed by atoms with Gasteiger partial charge in [-0.1, -0.05) is 30.8 Å². The third kappa shape index (κ3) is 3.35. The van der Waals surface area contributed by atoms with E-state index in [4.69, 9.17) is 9.47 Å². The first kappa shape index (κ1) is 16.6. The number of aromatic nitrogens is 2. The van der Waals surface area contributed by atoms with Crippen molar-refractivity contribution in [3.05, 3.63) is 75.0 Å². The molecule has 0 radical (unpaired) electrons. The molecule has 0 atom stereocenters. The molecular weight excluding hydrogens is 316 g/mol. The van der Waals surface area contributed by atoms with Crippen LogP contribution in [-0.2, 0) is 0 Å². The highest BCUT2D eigenvalue weighted by atomic mass is 16.5. The molecule has 0 unspecified atom stereocenters. The van der Waals surface area contributed by atoms with Crippen molar-refractivity contribution in [3.8, 4) is 17.2 Å². The van der Waals surface area contributed by atoms with Gasteiger partial charge in [-0.3, -0.25) is 9.89 Å². The first-order valence-corrected chi connectivity index (χ1v) is 8.02. The van der Waals surface area contributed by atoms with Gasteiger partial charge in [0.25, 0.3) is 5.56 Å². The molecule has 5 nitrogen and oxygen atoms in total. The summed E-state index contributed by atoms with van der Waals surface area (Å²) >= 11 is 0. The van der Waals surface area contributed by atoms with Gasteiger partial charge in [-0.15, -0.1) is 0 Å². The van der Waals surface area contributed by atoms with Gasteiger partial charge in [-0.25, -0.2) is 4.68 Å². The van der Waals surface area contributed by atoms with Gasteiger partial charge in [0, 0.05) is 0 Å². The Bertz CT molecular complexity index is 1030. The molecule has 0 aliphatic heterocycles. The smallest absolute Gasteiger partial charge is 0.279 e. The fraction of sp³-hybridized carbons (Fsp3) is 0.150. The van der Waals surface area contributed by atoms with Crippen molar-refractivity contribution < 1.29 is 9.47 Å². The van der Waals surface area contributed by atoms with Crippen LogP contribution < -0.4 is 25.6 Å². The lowest BCUT2D eigenvalue weighted by atomic mass is 10.1. The second kappa shape index (κ2) is 7.13. The Morgan fingerprint density at radius 1 is 1.16 bits per heavy atom. The quantitative estimate of drug-likeness (QED) is 0.773. The first-order chi connectivity index (χ1) is 12.1. The van der Waals surface area contributed by atoms with Crippen LogP contribution in [0.2, 0.25) is 0 Å². The molecule has 0 saturated heterocycles. The zero-order valence-corrected chi connectivity index (χ0v) is 14.3. The lowest BCUT2D eigenvalue weighted by molar-refractivity contribution is 0.311. The van der Waals surface area contributed by atoms with Crippen LogP contribution >= 0.6 is 0 Å². The summed E-state index contributed by atoms with van der Waals surface area (Å²) in [6, 6.07) is 14.9. The number of hydrogen-bond acceptors (Lipinski definition) is 3. The molecule has 128 valence electrons. The molecule has 0 fully saturated rings. The number of para-hydroxylation sites is 1. The van der Waals surface area contributed by atoms with Gasteiger partial charge in [0.1, 0.15) is 0 Å². The Balaban J connectivity index is 2.10. The molecule has 0 spiro atoms. The zero-order valence-electron chi connectivity index (χ0n) is 14.3. The van der Waals surface area contributed by atoms with Crippen molar-refractivity contribution in [1.82, 2.24) is 9.78 Å². The fourth-order valence-electron chi connectivity index (χ4n) is 2.62. The minimum atomic E-state index is -0.149. The van der Waals surface area contributed by atoms with Gasteiger partial charge in [-0.2, -0.15) is 0 Å². The number of hydrogen-bond donors (Lipinski definition) is 1. The maximum absolute atomic E-state index is 12.7. The average molecular weight is 336 g/mol. The second-order valence-corrected chi connectivity index (χ2v) is 5.47. The lowest BCUT2D eigenvalue weighted by Gasteiger charge is -2.09. The van der Waals surface area contributed by atoms with Crippen LogP contribution in [0.5, 0.6) is 11.5 Å². The van der Waals surface area contributed by atoms with Crippen molar-refractivity contribution in [2.75, 3.05) is 13.7 Å². The van der Waals surface area contributed by atoms with E-state index < -0.39 is 0 Å². The lowest BCUT2D eigenvalue weighted by Crippen LogP contribution is -2.33. The molecule has 3 aromatic rings. The van der Waals surface area contributed by atoms with Gasteiger partial charge in [0.2, 0.25) is 0 Å². The predicted octanol–water partition coefficient (Wildman–Crippen LogP) is 1.81. The summed E-state index contributed by atoms with van der Waals surface area (Å²) in [5.74, 6) is 1.30. The van der Waals surface area contributed by atoms with E-state index in [1.54, 1.807) is 13.2 Å². The van der Waals surface area contributed by atoms with Crippen molar-refractivity contribution in [2.45, 2.75) is 6.92 Å². The van der Waals surface area contributed by atoms with Crippen LogP contribution in [0.25, 0.3) is 18.3 Å². The van der Waals surface area contributed by atoms with Gasteiger partial charge in [0.05, 0.1) is 30.0 Å². The van der Waals surface area contributed by atoms with Crippen LogP contribution in [0.1, 0.15) is 12.5 Å². The summed E-state index contributed by atoms with van der Waals surface area (Å²) in [6.07, 6.45) is 1.79. The molecule has 1 N–H and O–H groups in total. The number of benzene rings is 2. The Hall–Kier alpha value is -3.21. The van der Waals surface area contributed by atoms with Gasteiger partial charge < -0.3 is 9.47 Å². The van der Waals surface area contributed by atoms with E-state index in [1.165, 1.54) is 4.68 Å². The molecule has 0 saturated carbocycles. The minimum absolute atomic E-state index is 0.149. The maximum atomic E-state index is 12.7. The summed E-state index contributed by atoms with van der Waals surface area (Å²) in [5, 5.41) is 4.08. The highest BCUT2D eigenvalue weighted by Crippen LogP contribution is 2.28. The second-order valence-electron chi connectivity index (χ2n) is 5.47. The van der Waals surface area contributed by atoms with Crippen molar-refractivity contribution in [1.29, 1.82) is 0 Å². The van der Waals surface area contributed by atoms with Crippen LogP contribution in [0.4, 0.5) is 0 Å². The van der Waals surface area contributed by atoms with Crippen molar-refractivity contribution in [2.24, 2.45) is 0 Å². The molecule has 0 aliphatic rings. The van der Waals surface area contributed by atoms with Crippen molar-refractivity contribution >= 4 is 12.7 Å². The molecule has 0 amide bonds. The molecule has 3 rings (SSSR count). The number of aromatic amines is 1. The predicted molar refractivity (Wildman–Crippen MR) is 98.9 cm³/mol. The topological polar surface area (TPSA) is 56.2 Å². The highest BCUT2D eigenvalue weighted by molar-refractivity contribution is 5.56. The minimum Gasteiger partial charge on any atom is -0.493 e. The van der Waals surface area contributed by atoms with Gasteiger partial charge >= 0.3 is 0 Å². The molecule has 0 aliphatic carbocycles. The molecular formula is C20H20N2O3. The van der Waals surface area contributed by atoms with Gasteiger partial charge in [-0.05, 0) is 42.8 Å². The maximum Gasteiger partial charge on any atom is 0.279 e. The fourth-order valence-corrected chi connectivity index (χ4v) is 2.62. The monoisotopic (exact) mass is 336 g/mol. The Morgan fingerprint density at radius 2 is 1.92 bits per heavy atom. The Morgan fingerprint density at radius 3 is 2.60 bits per heavy atom. The standard InChI is InChI=1S/C20H20N2O3/c1-4-25-18-11-10-15(13-19(18)24-3)12-17-14(2)21-22(20(17)23)16-8-6-5-7-9-16/h5-13,21H,2,4H2,1,3H3/b17-12-. The van der Waals surface area contributed by atoms with Crippen LogP contribution in [0, 0.1) is 0 Å². The number of H-pyrrole nitrogens is 1. The van der Waals surface area contributed by atoms with E-state index in [-0.39, 0.29) is 5.56 Å². The van der Waals surface area contributed by atoms with Crippen LogP contribution in [-0.4, -0.2) is 23.5 Å². The molecule has 1 heterocycles. The number of nitrogens with one attached hydrogen (secondary N) is 1. The Labute approximate surface area is 145 Å². The number of methoxy groups -OCH3 is 1. The third-order valence-electron chi connectivity index (χ3n) is 3.82. The van der Waals surface area contributed by atoms with E-state index in [0.717, 1.165) is 11.3 Å². The van der Waals surface area contributed by atoms with E-state index in [9.17, 15) is 4.79 Å². The number of nitrogens with zero attached hydrogens (tertiary/aromatic N) is 1. The number of ether oxygens (including phenoxy) is 2. The third-order valence-corrected chi connectivity index (χ3v) is 3.82. The van der Waals surface area contributed by atoms with E-state index in [0.29, 0.717) is 28.7 Å². The SMILES string of the molecule is C=c1[nH]n(-c2ccccc2)c(=O)/c1=C\c1ccc(OCC)c(OC)c1. The summed E-state index contributed by atoms with van der Waals surface area (Å²) in [7, 11) is 1.59. The highest BCUT2D eigenvalue weighted by Gasteiger charge is 2.07. The molecule has 25 heavy (non-hydrogen) atoms. The summed E-state index contributed by atoms with van der Waals surface area (Å²) in [5.41, 5.74) is 1.45.